The number of anilines is 1. The van der Waals surface area contributed by atoms with E-state index in [0.29, 0.717) is 5.75 Å². The van der Waals surface area contributed by atoms with E-state index in [1.54, 1.807) is 18.3 Å². The molecule has 0 aliphatic heterocycles. The number of nitrogens with one attached hydrogen (secondary N) is 1. The second-order valence-electron chi connectivity index (χ2n) is 7.17. The van der Waals surface area contributed by atoms with Gasteiger partial charge in [0.2, 0.25) is 0 Å². The number of amides is 1. The molecule has 0 aliphatic rings. The number of ether oxygens (including phenoxy) is 2. The van der Waals surface area contributed by atoms with Gasteiger partial charge in [-0.25, -0.2) is 0 Å². The first kappa shape index (κ1) is 26.8. The van der Waals surface area contributed by atoms with Crippen LogP contribution < -0.4 is 14.8 Å². The highest BCUT2D eigenvalue weighted by molar-refractivity contribution is 6.55. The van der Waals surface area contributed by atoms with Gasteiger partial charge in [-0.2, -0.15) is 0 Å². The molecular weight excluding hydrogens is 592 g/mol. The van der Waals surface area contributed by atoms with Crippen LogP contribution in [0.4, 0.5) is 11.4 Å². The van der Waals surface area contributed by atoms with Crippen LogP contribution in [0.15, 0.2) is 59.3 Å². The lowest BCUT2D eigenvalue weighted by atomic mass is 10.2. The number of nitro benzene ring substituents is 1. The zero-order chi connectivity index (χ0) is 26.7. The Balaban J connectivity index is 1.48. The van der Waals surface area contributed by atoms with Crippen molar-refractivity contribution in [2.75, 3.05) is 5.32 Å². The number of non-ortho nitro benzene ring substituents is 1. The first-order valence-electron chi connectivity index (χ1n) is 10.1. The number of furan rings is 1. The molecule has 37 heavy (non-hydrogen) atoms. The van der Waals surface area contributed by atoms with Crippen LogP contribution in [-0.2, 0) is 6.61 Å². The molecule has 4 rings (SSSR count). The maximum Gasteiger partial charge on any atom is 0.291 e. The SMILES string of the molecule is O=C(Nc1cc(Oc2cccnc2)cc([N+](=O)[O-])c1)c1ccc(COc2c(Cl)c(Cl)c(Cl)c(Cl)c2Cl)o1. The fourth-order valence-electron chi connectivity index (χ4n) is 2.99. The summed E-state index contributed by atoms with van der Waals surface area (Å²) in [6.07, 6.45) is 2.99. The largest absolute Gasteiger partial charge is 0.482 e. The van der Waals surface area contributed by atoms with Crippen molar-refractivity contribution >= 4 is 75.3 Å². The van der Waals surface area contributed by atoms with Crippen molar-refractivity contribution in [2.45, 2.75) is 6.61 Å². The van der Waals surface area contributed by atoms with E-state index in [1.807, 2.05) is 0 Å². The molecule has 0 saturated carbocycles. The van der Waals surface area contributed by atoms with Crippen LogP contribution in [0.5, 0.6) is 17.2 Å². The van der Waals surface area contributed by atoms with E-state index in [0.717, 1.165) is 0 Å². The maximum absolute atomic E-state index is 12.7. The zero-order valence-corrected chi connectivity index (χ0v) is 21.9. The Morgan fingerprint density at radius 2 is 1.68 bits per heavy atom. The summed E-state index contributed by atoms with van der Waals surface area (Å²) in [5, 5.41) is 13.7. The molecule has 0 radical (unpaired) electrons. The van der Waals surface area contributed by atoms with Crippen molar-refractivity contribution in [1.82, 2.24) is 4.98 Å². The number of pyridine rings is 1. The van der Waals surface area contributed by atoms with Gasteiger partial charge in [0.1, 0.15) is 33.9 Å². The Morgan fingerprint density at radius 1 is 0.973 bits per heavy atom. The number of aromatic nitrogens is 1. The van der Waals surface area contributed by atoms with Crippen LogP contribution in [0.1, 0.15) is 16.3 Å². The minimum Gasteiger partial charge on any atom is -0.482 e. The Morgan fingerprint density at radius 3 is 2.32 bits per heavy atom. The van der Waals surface area contributed by atoms with Crippen molar-refractivity contribution in [3.8, 4) is 17.2 Å². The van der Waals surface area contributed by atoms with Gasteiger partial charge in [0.15, 0.2) is 11.5 Å². The Labute approximate surface area is 233 Å². The van der Waals surface area contributed by atoms with Crippen LogP contribution in [0.25, 0.3) is 0 Å². The van der Waals surface area contributed by atoms with Crippen LogP contribution in [0.2, 0.25) is 25.1 Å². The van der Waals surface area contributed by atoms with E-state index in [-0.39, 0.29) is 66.1 Å². The van der Waals surface area contributed by atoms with Crippen molar-refractivity contribution in [3.05, 3.63) is 102 Å². The number of hydrogen-bond acceptors (Lipinski definition) is 7. The number of carbonyl (C=O) groups is 1. The van der Waals surface area contributed by atoms with Crippen LogP contribution in [0, 0.1) is 10.1 Å². The normalized spacial score (nSPS) is 10.7. The van der Waals surface area contributed by atoms with E-state index >= 15 is 0 Å². The number of carbonyl (C=O) groups excluding carboxylic acids is 1. The summed E-state index contributed by atoms with van der Waals surface area (Å²) in [6, 6.07) is 9.97. The molecule has 14 heteroatoms. The highest BCUT2D eigenvalue weighted by Crippen LogP contribution is 2.48. The van der Waals surface area contributed by atoms with Crippen molar-refractivity contribution in [3.63, 3.8) is 0 Å². The summed E-state index contributed by atoms with van der Waals surface area (Å²) >= 11 is 30.3. The summed E-state index contributed by atoms with van der Waals surface area (Å²) in [5.74, 6) is -0.0570. The fraction of sp³-hybridized carbons (Fsp3) is 0.0435. The summed E-state index contributed by atoms with van der Waals surface area (Å²) in [7, 11) is 0. The number of halogens is 5. The highest BCUT2D eigenvalue weighted by atomic mass is 35.5. The van der Waals surface area contributed by atoms with Gasteiger partial charge in [-0.05, 0) is 24.3 Å². The van der Waals surface area contributed by atoms with Gasteiger partial charge in [-0.1, -0.05) is 58.0 Å². The molecule has 1 N–H and O–H groups in total. The third kappa shape index (κ3) is 6.20. The van der Waals surface area contributed by atoms with E-state index in [9.17, 15) is 14.9 Å². The monoisotopic (exact) mass is 601 g/mol. The third-order valence-electron chi connectivity index (χ3n) is 4.64. The molecule has 0 unspecified atom stereocenters. The van der Waals surface area contributed by atoms with Crippen LogP contribution in [-0.4, -0.2) is 15.8 Å². The summed E-state index contributed by atoms with van der Waals surface area (Å²) in [6.45, 7) is -0.180. The first-order valence-corrected chi connectivity index (χ1v) is 11.9. The van der Waals surface area contributed by atoms with Crippen LogP contribution in [0.3, 0.4) is 0 Å². The molecule has 2 heterocycles. The molecule has 1 amide bonds. The Bertz CT molecular complexity index is 1470. The van der Waals surface area contributed by atoms with Crippen molar-refractivity contribution in [1.29, 1.82) is 0 Å². The van der Waals surface area contributed by atoms with Gasteiger partial charge in [0.25, 0.3) is 11.6 Å². The zero-order valence-electron chi connectivity index (χ0n) is 18.1. The molecule has 190 valence electrons. The van der Waals surface area contributed by atoms with Gasteiger partial charge >= 0.3 is 0 Å². The summed E-state index contributed by atoms with van der Waals surface area (Å²) < 4.78 is 16.7. The Hall–Kier alpha value is -3.21. The number of benzene rings is 2. The topological polar surface area (TPSA) is 117 Å². The molecule has 0 spiro atoms. The number of rotatable bonds is 8. The lowest BCUT2D eigenvalue weighted by Gasteiger charge is -2.12. The quantitative estimate of drug-likeness (QED) is 0.0929. The van der Waals surface area contributed by atoms with Crippen LogP contribution >= 0.6 is 58.0 Å². The van der Waals surface area contributed by atoms with E-state index in [1.165, 1.54) is 36.5 Å². The average Bonchev–Trinajstić information content (AvgIpc) is 3.36. The molecule has 2 aromatic heterocycles. The van der Waals surface area contributed by atoms with Gasteiger partial charge in [-0.15, -0.1) is 0 Å². The smallest absolute Gasteiger partial charge is 0.291 e. The van der Waals surface area contributed by atoms with E-state index in [2.05, 4.69) is 10.3 Å². The third-order valence-corrected chi connectivity index (χ3v) is 6.89. The second-order valence-corrected chi connectivity index (χ2v) is 9.06. The van der Waals surface area contributed by atoms with E-state index in [4.69, 9.17) is 71.9 Å². The minimum absolute atomic E-state index is 0.0112. The molecule has 0 aliphatic carbocycles. The standard InChI is InChI=1S/C23H12Cl5N3O6/c24-17-18(25)20(27)22(21(28)19(17)26)35-10-14-3-4-16(37-14)23(32)30-11-6-12(31(33)34)8-15(7-11)36-13-2-1-5-29-9-13/h1-9H,10H2,(H,30,32). The molecule has 0 fully saturated rings. The summed E-state index contributed by atoms with van der Waals surface area (Å²) in [5.41, 5.74) is -0.185. The molecule has 0 saturated heterocycles. The van der Waals surface area contributed by atoms with Gasteiger partial charge in [0.05, 0.1) is 37.9 Å². The second kappa shape index (κ2) is 11.5. The van der Waals surface area contributed by atoms with Gasteiger partial charge in [0, 0.05) is 18.3 Å². The predicted octanol–water partition coefficient (Wildman–Crippen LogP) is 8.47. The molecule has 0 atom stereocenters. The number of nitro groups is 1. The molecular formula is C23H12Cl5N3O6. The highest BCUT2D eigenvalue weighted by Gasteiger charge is 2.21. The average molecular weight is 604 g/mol. The van der Waals surface area contributed by atoms with Gasteiger partial charge < -0.3 is 19.2 Å². The molecule has 9 nitrogen and oxygen atoms in total. The lowest BCUT2D eigenvalue weighted by Crippen LogP contribution is -2.11. The maximum atomic E-state index is 12.7. The molecule has 0 bridgehead atoms. The van der Waals surface area contributed by atoms with Gasteiger partial charge in [-0.3, -0.25) is 19.9 Å². The molecule has 4 aromatic rings. The van der Waals surface area contributed by atoms with E-state index < -0.39 is 10.8 Å². The molecule has 2 aromatic carbocycles. The lowest BCUT2D eigenvalue weighted by molar-refractivity contribution is -0.384. The minimum atomic E-state index is -0.673. The van der Waals surface area contributed by atoms with Crippen molar-refractivity contribution in [2.24, 2.45) is 0 Å². The Kier molecular flexibility index (Phi) is 8.31. The first-order chi connectivity index (χ1) is 17.6. The number of nitrogens with zero attached hydrogens (tertiary/aromatic N) is 2. The summed E-state index contributed by atoms with van der Waals surface area (Å²) in [4.78, 5) is 27.4. The van der Waals surface area contributed by atoms with Crippen molar-refractivity contribution < 1.29 is 23.6 Å². The predicted molar refractivity (Wildman–Crippen MR) is 140 cm³/mol. The number of hydrogen-bond donors (Lipinski definition) is 1. The fourth-order valence-corrected chi connectivity index (χ4v) is 4.22.